The van der Waals surface area contributed by atoms with E-state index >= 15 is 0 Å². The Morgan fingerprint density at radius 1 is 1.36 bits per heavy atom. The maximum atomic E-state index is 12.3. The Hall–Kier alpha value is -0.810. The predicted molar refractivity (Wildman–Crippen MR) is 92.8 cm³/mol. The van der Waals surface area contributed by atoms with Crippen molar-refractivity contribution >= 4 is 34.8 Å². The molecule has 122 valence electrons. The molecule has 1 saturated heterocycles. The van der Waals surface area contributed by atoms with Crippen LogP contribution >= 0.6 is 23.2 Å². The zero-order valence-corrected chi connectivity index (χ0v) is 14.4. The number of anilines is 1. The standard InChI is InChI=1S/C16H23Cl2N3O/c1-2-10-21(12-6-8-19-9-7-12)11-15(22)20-14-5-3-4-13(17)16(14)18/h3-5,12,19H,2,6-11H2,1H3,(H,20,22). The monoisotopic (exact) mass is 343 g/mol. The van der Waals surface area contributed by atoms with Crippen LogP contribution < -0.4 is 10.6 Å². The van der Waals surface area contributed by atoms with Gasteiger partial charge in [0.1, 0.15) is 0 Å². The molecule has 22 heavy (non-hydrogen) atoms. The van der Waals surface area contributed by atoms with Gasteiger partial charge in [0.25, 0.3) is 0 Å². The number of hydrogen-bond acceptors (Lipinski definition) is 3. The molecule has 1 amide bonds. The van der Waals surface area contributed by atoms with Crippen molar-refractivity contribution in [1.82, 2.24) is 10.2 Å². The van der Waals surface area contributed by atoms with Gasteiger partial charge in [-0.05, 0) is 51.0 Å². The average molecular weight is 344 g/mol. The van der Waals surface area contributed by atoms with Gasteiger partial charge in [-0.25, -0.2) is 0 Å². The summed E-state index contributed by atoms with van der Waals surface area (Å²) in [5.41, 5.74) is 0.570. The lowest BCUT2D eigenvalue weighted by Crippen LogP contribution is -2.46. The summed E-state index contributed by atoms with van der Waals surface area (Å²) in [5, 5.41) is 7.06. The topological polar surface area (TPSA) is 44.4 Å². The molecule has 0 aromatic heterocycles. The Bertz CT molecular complexity index is 504. The third kappa shape index (κ3) is 4.85. The Labute approximate surface area is 142 Å². The highest BCUT2D eigenvalue weighted by molar-refractivity contribution is 6.43. The van der Waals surface area contributed by atoms with E-state index in [9.17, 15) is 4.79 Å². The highest BCUT2D eigenvalue weighted by Gasteiger charge is 2.22. The number of carbonyl (C=O) groups excluding carboxylic acids is 1. The molecule has 1 heterocycles. The third-order valence-electron chi connectivity index (χ3n) is 3.91. The van der Waals surface area contributed by atoms with E-state index in [1.54, 1.807) is 18.2 Å². The fourth-order valence-corrected chi connectivity index (χ4v) is 3.17. The van der Waals surface area contributed by atoms with Gasteiger partial charge < -0.3 is 10.6 Å². The van der Waals surface area contributed by atoms with Gasteiger partial charge in [-0.15, -0.1) is 0 Å². The lowest BCUT2D eigenvalue weighted by molar-refractivity contribution is -0.118. The second kappa shape index (κ2) is 8.73. The predicted octanol–water partition coefficient (Wildman–Crippen LogP) is 3.40. The first kappa shape index (κ1) is 17.5. The average Bonchev–Trinajstić information content (AvgIpc) is 2.52. The largest absolute Gasteiger partial charge is 0.324 e. The fraction of sp³-hybridized carbons (Fsp3) is 0.562. The van der Waals surface area contributed by atoms with Gasteiger partial charge in [0, 0.05) is 6.04 Å². The number of nitrogens with one attached hydrogen (secondary N) is 2. The molecular weight excluding hydrogens is 321 g/mol. The van der Waals surface area contributed by atoms with Gasteiger partial charge in [0.05, 0.1) is 22.3 Å². The summed E-state index contributed by atoms with van der Waals surface area (Å²) in [6.07, 6.45) is 3.21. The summed E-state index contributed by atoms with van der Waals surface area (Å²) in [6, 6.07) is 5.72. The minimum Gasteiger partial charge on any atom is -0.324 e. The number of rotatable bonds is 6. The van der Waals surface area contributed by atoms with Crippen molar-refractivity contribution in [3.05, 3.63) is 28.2 Å². The second-order valence-corrected chi connectivity index (χ2v) is 6.39. The van der Waals surface area contributed by atoms with E-state index in [-0.39, 0.29) is 5.91 Å². The van der Waals surface area contributed by atoms with Crippen LogP contribution in [0, 0.1) is 0 Å². The zero-order chi connectivity index (χ0) is 15.9. The summed E-state index contributed by atoms with van der Waals surface area (Å²) < 4.78 is 0. The minimum atomic E-state index is -0.0452. The van der Waals surface area contributed by atoms with Crippen molar-refractivity contribution in [1.29, 1.82) is 0 Å². The van der Waals surface area contributed by atoms with Crippen molar-refractivity contribution in [2.75, 3.05) is 31.5 Å². The molecule has 4 nitrogen and oxygen atoms in total. The number of nitrogens with zero attached hydrogens (tertiary/aromatic N) is 1. The highest BCUT2D eigenvalue weighted by atomic mass is 35.5. The molecule has 1 aliphatic heterocycles. The summed E-state index contributed by atoms with van der Waals surface area (Å²) in [5.74, 6) is -0.0452. The highest BCUT2D eigenvalue weighted by Crippen LogP contribution is 2.29. The molecule has 1 aromatic carbocycles. The molecule has 0 radical (unpaired) electrons. The summed E-state index contributed by atoms with van der Waals surface area (Å²) in [7, 11) is 0. The van der Waals surface area contributed by atoms with E-state index in [1.807, 2.05) is 0 Å². The van der Waals surface area contributed by atoms with Crippen LogP contribution in [0.15, 0.2) is 18.2 Å². The molecule has 0 saturated carbocycles. The van der Waals surface area contributed by atoms with Crippen molar-refractivity contribution in [2.45, 2.75) is 32.2 Å². The van der Waals surface area contributed by atoms with Gasteiger partial charge in [0.15, 0.2) is 0 Å². The molecule has 0 aliphatic carbocycles. The van der Waals surface area contributed by atoms with Crippen molar-refractivity contribution in [3.8, 4) is 0 Å². The molecular formula is C16H23Cl2N3O. The summed E-state index contributed by atoms with van der Waals surface area (Å²) in [4.78, 5) is 14.6. The van der Waals surface area contributed by atoms with E-state index in [2.05, 4.69) is 22.5 Å². The Morgan fingerprint density at radius 2 is 2.09 bits per heavy atom. The molecule has 2 N–H and O–H groups in total. The minimum absolute atomic E-state index is 0.0452. The van der Waals surface area contributed by atoms with E-state index in [4.69, 9.17) is 23.2 Å². The van der Waals surface area contributed by atoms with Crippen LogP contribution in [-0.4, -0.2) is 43.0 Å². The molecule has 1 aromatic rings. The van der Waals surface area contributed by atoms with Crippen molar-refractivity contribution in [2.24, 2.45) is 0 Å². The molecule has 6 heteroatoms. The molecule has 0 atom stereocenters. The molecule has 0 unspecified atom stereocenters. The molecule has 1 aliphatic rings. The lowest BCUT2D eigenvalue weighted by atomic mass is 10.0. The second-order valence-electron chi connectivity index (χ2n) is 5.60. The Kier molecular flexibility index (Phi) is 6.96. The molecule has 0 spiro atoms. The van der Waals surface area contributed by atoms with Gasteiger partial charge in [-0.3, -0.25) is 9.69 Å². The third-order valence-corrected chi connectivity index (χ3v) is 4.73. The van der Waals surface area contributed by atoms with Gasteiger partial charge >= 0.3 is 0 Å². The Morgan fingerprint density at radius 3 is 2.77 bits per heavy atom. The van der Waals surface area contributed by atoms with Crippen LogP contribution in [0.2, 0.25) is 10.0 Å². The molecule has 0 bridgehead atoms. The quantitative estimate of drug-likeness (QED) is 0.831. The smallest absolute Gasteiger partial charge is 0.238 e. The lowest BCUT2D eigenvalue weighted by Gasteiger charge is -2.34. The van der Waals surface area contributed by atoms with Crippen molar-refractivity contribution < 1.29 is 4.79 Å². The maximum absolute atomic E-state index is 12.3. The Balaban J connectivity index is 1.96. The number of hydrogen-bond donors (Lipinski definition) is 2. The molecule has 2 rings (SSSR count). The number of benzene rings is 1. The number of amides is 1. The first-order valence-electron chi connectivity index (χ1n) is 7.80. The van der Waals surface area contributed by atoms with Crippen LogP contribution in [-0.2, 0) is 4.79 Å². The van der Waals surface area contributed by atoms with E-state index < -0.39 is 0 Å². The normalized spacial score (nSPS) is 16.0. The van der Waals surface area contributed by atoms with Crippen molar-refractivity contribution in [3.63, 3.8) is 0 Å². The zero-order valence-electron chi connectivity index (χ0n) is 12.9. The van der Waals surface area contributed by atoms with Crippen LogP contribution in [0.5, 0.6) is 0 Å². The number of halogens is 2. The van der Waals surface area contributed by atoms with E-state index in [1.165, 1.54) is 0 Å². The molecule has 1 fully saturated rings. The van der Waals surface area contributed by atoms with Gasteiger partial charge in [-0.1, -0.05) is 36.2 Å². The van der Waals surface area contributed by atoms with Crippen LogP contribution in [0.3, 0.4) is 0 Å². The summed E-state index contributed by atoms with van der Waals surface area (Å²) in [6.45, 7) is 5.50. The van der Waals surface area contributed by atoms with E-state index in [0.717, 1.165) is 38.9 Å². The number of carbonyl (C=O) groups is 1. The maximum Gasteiger partial charge on any atom is 0.238 e. The fourth-order valence-electron chi connectivity index (χ4n) is 2.82. The van der Waals surface area contributed by atoms with Crippen LogP contribution in [0.25, 0.3) is 0 Å². The van der Waals surface area contributed by atoms with Gasteiger partial charge in [-0.2, -0.15) is 0 Å². The number of piperidine rings is 1. The summed E-state index contributed by atoms with van der Waals surface area (Å²) >= 11 is 12.1. The SMILES string of the molecule is CCCN(CC(=O)Nc1cccc(Cl)c1Cl)C1CCNCC1. The van der Waals surface area contributed by atoms with Gasteiger partial charge in [0.2, 0.25) is 5.91 Å². The van der Waals surface area contributed by atoms with Crippen LogP contribution in [0.1, 0.15) is 26.2 Å². The first-order chi connectivity index (χ1) is 10.6. The van der Waals surface area contributed by atoms with Crippen LogP contribution in [0.4, 0.5) is 5.69 Å². The first-order valence-corrected chi connectivity index (χ1v) is 8.56. The van der Waals surface area contributed by atoms with E-state index in [0.29, 0.717) is 28.3 Å².